The first kappa shape index (κ1) is 18.7. The van der Waals surface area contributed by atoms with Crippen molar-refractivity contribution in [2.24, 2.45) is 0 Å². The van der Waals surface area contributed by atoms with Crippen molar-refractivity contribution in [1.82, 2.24) is 19.6 Å². The van der Waals surface area contributed by atoms with E-state index < -0.39 is 0 Å². The van der Waals surface area contributed by atoms with E-state index in [1.165, 1.54) is 0 Å². The summed E-state index contributed by atoms with van der Waals surface area (Å²) < 4.78 is 13.3. The molecular weight excluding hydrogens is 404 g/mol. The molecule has 6 rings (SSSR count). The molecule has 158 valence electrons. The number of fused-ring (bicyclic) bond motifs is 3. The number of benzene rings is 2. The second kappa shape index (κ2) is 7.30. The van der Waals surface area contributed by atoms with Crippen molar-refractivity contribution in [2.75, 3.05) is 7.11 Å². The van der Waals surface area contributed by atoms with Gasteiger partial charge in [-0.3, -0.25) is 4.79 Å². The van der Waals surface area contributed by atoms with Crippen LogP contribution in [0.2, 0.25) is 0 Å². The first-order chi connectivity index (χ1) is 15.7. The van der Waals surface area contributed by atoms with Crippen molar-refractivity contribution < 1.29 is 14.3 Å². The Morgan fingerprint density at radius 2 is 1.88 bits per heavy atom. The van der Waals surface area contributed by atoms with Crippen LogP contribution in [0.25, 0.3) is 17.0 Å². The lowest BCUT2D eigenvalue weighted by Crippen LogP contribution is -2.26. The highest BCUT2D eigenvalue weighted by Crippen LogP contribution is 2.47. The zero-order chi connectivity index (χ0) is 21.7. The molecule has 0 bridgehead atoms. The summed E-state index contributed by atoms with van der Waals surface area (Å²) in [5.41, 5.74) is 3.90. The number of carbonyl (C=O) groups is 1. The summed E-state index contributed by atoms with van der Waals surface area (Å²) in [6, 6.07) is 17.6. The molecule has 7 nitrogen and oxygen atoms in total. The minimum atomic E-state index is -0.298. The van der Waals surface area contributed by atoms with Crippen molar-refractivity contribution in [1.29, 1.82) is 0 Å². The van der Waals surface area contributed by atoms with E-state index in [2.05, 4.69) is 10.1 Å². The number of methoxy groups -OCH3 is 1. The summed E-state index contributed by atoms with van der Waals surface area (Å²) in [4.78, 5) is 22.5. The summed E-state index contributed by atoms with van der Waals surface area (Å²) >= 11 is 0. The SMILES string of the molecule is COc1ccccc1-c1nc2c3c(ncn2n1)OC1=C(C(=O)CCC1)[C@@H]3c1ccccc1. The first-order valence-electron chi connectivity index (χ1n) is 10.6. The number of ether oxygens (including phenoxy) is 2. The van der Waals surface area contributed by atoms with Gasteiger partial charge in [0.25, 0.3) is 0 Å². The van der Waals surface area contributed by atoms with Crippen LogP contribution < -0.4 is 9.47 Å². The average Bonchev–Trinajstić information content (AvgIpc) is 3.28. The Morgan fingerprint density at radius 3 is 2.72 bits per heavy atom. The highest BCUT2D eigenvalue weighted by Gasteiger charge is 2.39. The second-order valence-corrected chi connectivity index (χ2v) is 7.93. The number of carbonyl (C=O) groups excluding carboxylic acids is 1. The standard InChI is InChI=1S/C25H20N4O3/c1-31-18-12-6-5-10-16(18)23-27-24-22-20(15-8-3-2-4-9-15)21-17(30)11-7-13-19(21)32-25(22)26-14-29(24)28-23/h2-6,8-10,12,14,20H,7,11,13H2,1H3/t20-/m0/s1. The van der Waals surface area contributed by atoms with Crippen LogP contribution in [0, 0.1) is 0 Å². The van der Waals surface area contributed by atoms with Gasteiger partial charge >= 0.3 is 0 Å². The van der Waals surface area contributed by atoms with Crippen LogP contribution in [-0.4, -0.2) is 32.5 Å². The minimum absolute atomic E-state index is 0.122. The molecule has 1 aliphatic carbocycles. The van der Waals surface area contributed by atoms with Gasteiger partial charge in [0, 0.05) is 24.3 Å². The number of hydrogen-bond acceptors (Lipinski definition) is 6. The number of rotatable bonds is 3. The van der Waals surface area contributed by atoms with Crippen molar-refractivity contribution >= 4 is 11.4 Å². The maximum atomic E-state index is 13.1. The van der Waals surface area contributed by atoms with E-state index in [1.807, 2.05) is 54.6 Å². The maximum absolute atomic E-state index is 13.1. The molecule has 0 saturated heterocycles. The molecule has 3 heterocycles. The fourth-order valence-electron chi connectivity index (χ4n) is 4.64. The predicted molar refractivity (Wildman–Crippen MR) is 118 cm³/mol. The Bertz CT molecular complexity index is 1390. The van der Waals surface area contributed by atoms with Gasteiger partial charge in [0.05, 0.1) is 18.2 Å². The van der Waals surface area contributed by atoms with Crippen LogP contribution in [0.3, 0.4) is 0 Å². The van der Waals surface area contributed by atoms with Crippen molar-refractivity contribution in [3.8, 4) is 23.0 Å². The van der Waals surface area contributed by atoms with Gasteiger partial charge in [-0.1, -0.05) is 42.5 Å². The summed E-state index contributed by atoms with van der Waals surface area (Å²) in [7, 11) is 1.63. The number of para-hydroxylation sites is 1. The highest BCUT2D eigenvalue weighted by molar-refractivity contribution is 6.00. The second-order valence-electron chi connectivity index (χ2n) is 7.93. The number of Topliss-reactive ketones (excluding diaryl/α,β-unsaturated/α-hetero) is 1. The van der Waals surface area contributed by atoms with E-state index in [-0.39, 0.29) is 11.7 Å². The Morgan fingerprint density at radius 1 is 1.06 bits per heavy atom. The van der Waals surface area contributed by atoms with Gasteiger partial charge in [0.15, 0.2) is 17.3 Å². The highest BCUT2D eigenvalue weighted by atomic mass is 16.5. The molecule has 0 amide bonds. The van der Waals surface area contributed by atoms with E-state index in [0.29, 0.717) is 35.1 Å². The van der Waals surface area contributed by atoms with Crippen LogP contribution in [-0.2, 0) is 4.79 Å². The number of nitrogens with zero attached hydrogens (tertiary/aromatic N) is 4. The maximum Gasteiger partial charge on any atom is 0.228 e. The first-order valence-corrected chi connectivity index (χ1v) is 10.6. The molecule has 2 aliphatic rings. The molecule has 0 spiro atoms. The molecule has 0 N–H and O–H groups in total. The van der Waals surface area contributed by atoms with Crippen molar-refractivity contribution in [3.05, 3.63) is 83.4 Å². The van der Waals surface area contributed by atoms with Gasteiger partial charge in [-0.05, 0) is 24.1 Å². The lowest BCUT2D eigenvalue weighted by atomic mass is 9.78. The normalized spacial score (nSPS) is 17.7. The van der Waals surface area contributed by atoms with Crippen LogP contribution in [0.4, 0.5) is 0 Å². The van der Waals surface area contributed by atoms with Crippen molar-refractivity contribution in [3.63, 3.8) is 0 Å². The zero-order valence-corrected chi connectivity index (χ0v) is 17.5. The monoisotopic (exact) mass is 424 g/mol. The summed E-state index contributed by atoms with van der Waals surface area (Å²) in [5.74, 6) is 2.25. The number of aromatic nitrogens is 4. The fraction of sp³-hybridized carbons (Fsp3) is 0.200. The molecule has 2 aromatic heterocycles. The lowest BCUT2D eigenvalue weighted by molar-refractivity contribution is -0.116. The van der Waals surface area contributed by atoms with E-state index in [9.17, 15) is 4.79 Å². The third-order valence-corrected chi connectivity index (χ3v) is 6.07. The molecule has 1 atom stereocenters. The van der Waals surface area contributed by atoms with E-state index >= 15 is 0 Å². The molecule has 0 unspecified atom stereocenters. The molecule has 1 aliphatic heterocycles. The number of hydrogen-bond donors (Lipinski definition) is 0. The van der Waals surface area contributed by atoms with E-state index in [1.54, 1.807) is 18.0 Å². The quantitative estimate of drug-likeness (QED) is 0.487. The van der Waals surface area contributed by atoms with E-state index in [4.69, 9.17) is 14.5 Å². The molecule has 0 radical (unpaired) electrons. The molecule has 2 aromatic carbocycles. The Labute approximate surface area is 184 Å². The van der Waals surface area contributed by atoms with Gasteiger partial charge in [-0.25, -0.2) is 14.5 Å². The fourth-order valence-corrected chi connectivity index (χ4v) is 4.64. The van der Waals surface area contributed by atoms with Crippen LogP contribution in [0.5, 0.6) is 11.6 Å². The lowest BCUT2D eigenvalue weighted by Gasteiger charge is -2.31. The van der Waals surface area contributed by atoms with Gasteiger partial charge in [-0.15, -0.1) is 5.10 Å². The van der Waals surface area contributed by atoms with Gasteiger partial charge < -0.3 is 9.47 Å². The van der Waals surface area contributed by atoms with Crippen molar-refractivity contribution in [2.45, 2.75) is 25.2 Å². The van der Waals surface area contributed by atoms with E-state index in [0.717, 1.165) is 35.3 Å². The molecular formula is C25H20N4O3. The molecule has 0 fully saturated rings. The third-order valence-electron chi connectivity index (χ3n) is 6.07. The predicted octanol–water partition coefficient (Wildman–Crippen LogP) is 4.33. The van der Waals surface area contributed by atoms with Crippen LogP contribution in [0.15, 0.2) is 72.3 Å². The summed E-state index contributed by atoms with van der Waals surface area (Å²) in [6.07, 6.45) is 3.66. The summed E-state index contributed by atoms with van der Waals surface area (Å²) in [5, 5.41) is 4.66. The van der Waals surface area contributed by atoms with Gasteiger partial charge in [0.2, 0.25) is 5.88 Å². The Hall–Kier alpha value is -4.00. The van der Waals surface area contributed by atoms with Crippen LogP contribution >= 0.6 is 0 Å². The minimum Gasteiger partial charge on any atom is -0.496 e. The smallest absolute Gasteiger partial charge is 0.228 e. The molecule has 32 heavy (non-hydrogen) atoms. The third kappa shape index (κ3) is 2.81. The summed E-state index contributed by atoms with van der Waals surface area (Å²) in [6.45, 7) is 0. The Kier molecular flexibility index (Phi) is 4.28. The zero-order valence-electron chi connectivity index (χ0n) is 17.5. The van der Waals surface area contributed by atoms with Gasteiger partial charge in [0.1, 0.15) is 17.8 Å². The van der Waals surface area contributed by atoms with Crippen LogP contribution in [0.1, 0.15) is 36.3 Å². The number of ketones is 1. The Balaban J connectivity index is 1.61. The molecule has 7 heteroatoms. The van der Waals surface area contributed by atoms with Gasteiger partial charge in [-0.2, -0.15) is 0 Å². The average molecular weight is 424 g/mol. The molecule has 4 aromatic rings. The largest absolute Gasteiger partial charge is 0.496 e. The topological polar surface area (TPSA) is 78.6 Å². The molecule has 0 saturated carbocycles. The number of allylic oxidation sites excluding steroid dienone is 2.